The predicted molar refractivity (Wildman–Crippen MR) is 89.6 cm³/mol. The number of rotatable bonds is 6. The number of thiophene rings is 1. The van der Waals surface area contributed by atoms with Gasteiger partial charge in [-0.15, -0.1) is 11.3 Å². The summed E-state index contributed by atoms with van der Waals surface area (Å²) in [4.78, 5) is 6.24. The van der Waals surface area contributed by atoms with Crippen molar-refractivity contribution >= 4 is 11.3 Å². The van der Waals surface area contributed by atoms with Crippen molar-refractivity contribution < 1.29 is 5.11 Å². The Hall–Kier alpha value is -0.460. The van der Waals surface area contributed by atoms with Gasteiger partial charge in [-0.25, -0.2) is 0 Å². The number of hydrogen-bond donors (Lipinski definition) is 2. The number of hydrogen-bond acceptors (Lipinski definition) is 5. The van der Waals surface area contributed by atoms with Crippen molar-refractivity contribution in [2.45, 2.75) is 44.9 Å². The van der Waals surface area contributed by atoms with Crippen LogP contribution in [0.1, 0.15) is 38.1 Å². The molecule has 2 rings (SSSR count). The highest BCUT2D eigenvalue weighted by molar-refractivity contribution is 7.10. The van der Waals surface area contributed by atoms with Crippen LogP contribution in [0, 0.1) is 0 Å². The van der Waals surface area contributed by atoms with Crippen LogP contribution in [0.2, 0.25) is 0 Å². The normalized spacial score (nSPS) is 21.4. The average Bonchev–Trinajstić information content (AvgIpc) is 2.93. The molecule has 2 heterocycles. The zero-order valence-electron chi connectivity index (χ0n) is 13.5. The van der Waals surface area contributed by atoms with Crippen LogP contribution in [0.25, 0.3) is 0 Å². The van der Waals surface area contributed by atoms with Gasteiger partial charge in [-0.05, 0) is 31.7 Å². The molecular formula is C16H29N3OS. The van der Waals surface area contributed by atoms with E-state index in [-0.39, 0.29) is 6.04 Å². The van der Waals surface area contributed by atoms with E-state index < -0.39 is 5.60 Å². The summed E-state index contributed by atoms with van der Waals surface area (Å²) in [6, 6.07) is 4.83. The van der Waals surface area contributed by atoms with Gasteiger partial charge in [0, 0.05) is 43.6 Å². The molecule has 2 atom stereocenters. The van der Waals surface area contributed by atoms with Crippen LogP contribution in [-0.4, -0.2) is 59.3 Å². The Morgan fingerprint density at radius 2 is 2.00 bits per heavy atom. The molecule has 21 heavy (non-hydrogen) atoms. The Kier molecular flexibility index (Phi) is 5.80. The molecule has 1 aliphatic rings. The molecule has 0 saturated carbocycles. The lowest BCUT2D eigenvalue weighted by Crippen LogP contribution is -2.53. The zero-order valence-corrected chi connectivity index (χ0v) is 14.3. The average molecular weight is 311 g/mol. The lowest BCUT2D eigenvalue weighted by Gasteiger charge is -2.42. The summed E-state index contributed by atoms with van der Waals surface area (Å²) in [7, 11) is 0. The Morgan fingerprint density at radius 1 is 1.33 bits per heavy atom. The van der Waals surface area contributed by atoms with E-state index in [9.17, 15) is 5.11 Å². The van der Waals surface area contributed by atoms with E-state index in [1.807, 2.05) is 13.8 Å². The molecule has 0 radical (unpaired) electrons. The zero-order chi connectivity index (χ0) is 15.5. The number of nitrogens with two attached hydrogens (primary N) is 1. The highest BCUT2D eigenvalue weighted by Gasteiger charge is 2.30. The maximum Gasteiger partial charge on any atom is 0.0718 e. The fourth-order valence-electron chi connectivity index (χ4n) is 3.09. The fraction of sp³-hybridized carbons (Fsp3) is 0.750. The summed E-state index contributed by atoms with van der Waals surface area (Å²) in [5.74, 6) is 0. The molecule has 1 saturated heterocycles. The lowest BCUT2D eigenvalue weighted by molar-refractivity contribution is 0.00853. The molecule has 1 aliphatic heterocycles. The molecule has 0 aliphatic carbocycles. The van der Waals surface area contributed by atoms with Crippen molar-refractivity contribution in [1.29, 1.82) is 0 Å². The van der Waals surface area contributed by atoms with Crippen LogP contribution in [0.4, 0.5) is 0 Å². The molecule has 1 fully saturated rings. The second kappa shape index (κ2) is 7.20. The van der Waals surface area contributed by atoms with E-state index in [1.165, 1.54) is 4.88 Å². The Labute approximate surface area is 132 Å². The van der Waals surface area contributed by atoms with Crippen LogP contribution in [0.3, 0.4) is 0 Å². The van der Waals surface area contributed by atoms with Gasteiger partial charge in [-0.3, -0.25) is 9.80 Å². The van der Waals surface area contributed by atoms with Gasteiger partial charge < -0.3 is 10.8 Å². The molecule has 1 aromatic rings. The molecule has 0 bridgehead atoms. The molecule has 1 aromatic heterocycles. The smallest absolute Gasteiger partial charge is 0.0718 e. The Morgan fingerprint density at radius 3 is 2.48 bits per heavy atom. The molecule has 2 unspecified atom stereocenters. The van der Waals surface area contributed by atoms with Crippen LogP contribution >= 0.6 is 11.3 Å². The van der Waals surface area contributed by atoms with Crippen molar-refractivity contribution in [3.8, 4) is 0 Å². The van der Waals surface area contributed by atoms with Gasteiger partial charge in [0.25, 0.3) is 0 Å². The third-order valence-electron chi connectivity index (χ3n) is 4.12. The van der Waals surface area contributed by atoms with E-state index in [0.717, 1.165) is 39.1 Å². The lowest BCUT2D eigenvalue weighted by atomic mass is 10.0. The molecular weight excluding hydrogens is 282 g/mol. The summed E-state index contributed by atoms with van der Waals surface area (Å²) in [5, 5.41) is 12.1. The first kappa shape index (κ1) is 16.9. The summed E-state index contributed by atoms with van der Waals surface area (Å²) >= 11 is 1.80. The maximum absolute atomic E-state index is 9.95. The Bertz CT molecular complexity index is 408. The van der Waals surface area contributed by atoms with Crippen LogP contribution in [0.5, 0.6) is 0 Å². The number of β-amino-alcohol motifs (C(OH)–C–C–N with tert-alkyl or cyclic N) is 1. The molecule has 3 N–H and O–H groups in total. The number of piperazine rings is 1. The quantitative estimate of drug-likeness (QED) is 0.843. The summed E-state index contributed by atoms with van der Waals surface area (Å²) in [5.41, 5.74) is 5.77. The standard InChI is InChI=1S/C16H29N3OS/c1-4-13(17)15(14-6-5-11-21-14)19-9-7-18(8-10-19)12-16(2,3)20/h5-6,11,13,15,20H,4,7-10,12,17H2,1-3H3. The van der Waals surface area contributed by atoms with E-state index in [2.05, 4.69) is 34.2 Å². The minimum atomic E-state index is -0.616. The maximum atomic E-state index is 9.95. The second-order valence-electron chi connectivity index (χ2n) is 6.66. The summed E-state index contributed by atoms with van der Waals surface area (Å²) < 4.78 is 0. The summed E-state index contributed by atoms with van der Waals surface area (Å²) in [6.07, 6.45) is 0.993. The number of aliphatic hydroxyl groups is 1. The summed E-state index contributed by atoms with van der Waals surface area (Å²) in [6.45, 7) is 10.7. The van der Waals surface area contributed by atoms with Crippen LogP contribution in [-0.2, 0) is 0 Å². The van der Waals surface area contributed by atoms with Crippen molar-refractivity contribution in [3.63, 3.8) is 0 Å². The largest absolute Gasteiger partial charge is 0.389 e. The Balaban J connectivity index is 1.98. The first-order valence-corrected chi connectivity index (χ1v) is 8.76. The highest BCUT2D eigenvalue weighted by Crippen LogP contribution is 2.29. The minimum absolute atomic E-state index is 0.185. The fourth-order valence-corrected chi connectivity index (χ4v) is 4.03. The molecule has 5 heteroatoms. The molecule has 0 spiro atoms. The van der Waals surface area contributed by atoms with Crippen molar-refractivity contribution in [1.82, 2.24) is 9.80 Å². The topological polar surface area (TPSA) is 52.7 Å². The van der Waals surface area contributed by atoms with Crippen molar-refractivity contribution in [2.75, 3.05) is 32.7 Å². The van der Waals surface area contributed by atoms with Gasteiger partial charge >= 0.3 is 0 Å². The van der Waals surface area contributed by atoms with Crippen molar-refractivity contribution in [3.05, 3.63) is 22.4 Å². The van der Waals surface area contributed by atoms with E-state index in [1.54, 1.807) is 11.3 Å². The molecule has 0 aromatic carbocycles. The van der Waals surface area contributed by atoms with E-state index >= 15 is 0 Å². The van der Waals surface area contributed by atoms with Gasteiger partial charge in [-0.1, -0.05) is 13.0 Å². The van der Waals surface area contributed by atoms with Gasteiger partial charge in [-0.2, -0.15) is 0 Å². The monoisotopic (exact) mass is 311 g/mol. The predicted octanol–water partition coefficient (Wildman–Crippen LogP) is 1.92. The first-order chi connectivity index (χ1) is 9.90. The third-order valence-corrected chi connectivity index (χ3v) is 5.07. The van der Waals surface area contributed by atoms with Gasteiger partial charge in [0.15, 0.2) is 0 Å². The SMILES string of the molecule is CCC(N)C(c1cccs1)N1CCN(CC(C)(C)O)CC1. The van der Waals surface area contributed by atoms with E-state index in [4.69, 9.17) is 5.73 Å². The van der Waals surface area contributed by atoms with Gasteiger partial charge in [0.1, 0.15) is 0 Å². The second-order valence-corrected chi connectivity index (χ2v) is 7.64. The van der Waals surface area contributed by atoms with Crippen molar-refractivity contribution in [2.24, 2.45) is 5.73 Å². The molecule has 4 nitrogen and oxygen atoms in total. The minimum Gasteiger partial charge on any atom is -0.389 e. The van der Waals surface area contributed by atoms with Gasteiger partial charge in [0.05, 0.1) is 11.6 Å². The number of nitrogens with zero attached hydrogens (tertiary/aromatic N) is 2. The first-order valence-electron chi connectivity index (χ1n) is 7.88. The van der Waals surface area contributed by atoms with Crippen LogP contribution in [0.15, 0.2) is 17.5 Å². The van der Waals surface area contributed by atoms with Crippen LogP contribution < -0.4 is 5.73 Å². The molecule has 0 amide bonds. The van der Waals surface area contributed by atoms with E-state index in [0.29, 0.717) is 6.04 Å². The molecule has 120 valence electrons. The van der Waals surface area contributed by atoms with Gasteiger partial charge in [0.2, 0.25) is 0 Å². The third kappa shape index (κ3) is 4.76. The highest BCUT2D eigenvalue weighted by atomic mass is 32.1.